The normalized spacial score (nSPS) is 7.36. The molecule has 0 spiro atoms. The first-order valence-corrected chi connectivity index (χ1v) is 2.87. The van der Waals surface area contributed by atoms with Crippen LogP contribution in [0.2, 0.25) is 0 Å². The predicted molar refractivity (Wildman–Crippen MR) is 36.7 cm³/mol. The molecule has 2 amide bonds. The summed E-state index contributed by atoms with van der Waals surface area (Å²) >= 11 is 0. The molecule has 0 saturated heterocycles. The fraction of sp³-hybridized carbons (Fsp3) is 0.750. The Kier molecular flexibility index (Phi) is 9.37. The second kappa shape index (κ2) is 8.47. The van der Waals surface area contributed by atoms with E-state index >= 15 is 0 Å². The molecule has 0 aromatic heterocycles. The maximum Gasteiger partial charge on any atom is 0.312 e. The molecule has 0 bridgehead atoms. The summed E-state index contributed by atoms with van der Waals surface area (Å²) in [4.78, 5) is 18.2. The highest BCUT2D eigenvalue weighted by Crippen LogP contribution is 1.66. The Bertz CT molecular complexity index is 123. The van der Waals surface area contributed by atoms with Crippen molar-refractivity contribution in [2.24, 2.45) is 5.73 Å². The SMILES string of the molecule is CCCNC(N)=O.O=[N+]([O-])O. The lowest BCUT2D eigenvalue weighted by atomic mass is 10.5. The van der Waals surface area contributed by atoms with Crippen LogP contribution in [0.25, 0.3) is 0 Å². The fourth-order valence-electron chi connectivity index (χ4n) is 0.248. The number of amides is 2. The Hall–Kier alpha value is -1.53. The van der Waals surface area contributed by atoms with Gasteiger partial charge in [0.1, 0.15) is 0 Å². The summed E-state index contributed by atoms with van der Waals surface area (Å²) in [6.45, 7) is 2.64. The summed E-state index contributed by atoms with van der Waals surface area (Å²) in [7, 11) is 0. The highest BCUT2D eigenvalue weighted by molar-refractivity contribution is 5.71. The molecular weight excluding hydrogens is 154 g/mol. The van der Waals surface area contributed by atoms with Crippen LogP contribution >= 0.6 is 0 Å². The third-order valence-corrected chi connectivity index (χ3v) is 0.549. The van der Waals surface area contributed by atoms with Gasteiger partial charge in [-0.3, -0.25) is 0 Å². The minimum atomic E-state index is -1.50. The van der Waals surface area contributed by atoms with Crippen LogP contribution in [-0.4, -0.2) is 22.9 Å². The van der Waals surface area contributed by atoms with E-state index in [1.165, 1.54) is 0 Å². The molecule has 0 aliphatic heterocycles. The van der Waals surface area contributed by atoms with Gasteiger partial charge in [-0.05, 0) is 6.42 Å². The maximum atomic E-state index is 9.87. The summed E-state index contributed by atoms with van der Waals surface area (Å²) in [5.41, 5.74) is 4.73. The van der Waals surface area contributed by atoms with Gasteiger partial charge in [0.25, 0.3) is 5.09 Å². The number of nitrogens with zero attached hydrogens (tertiary/aromatic N) is 1. The van der Waals surface area contributed by atoms with Crippen LogP contribution in [0.15, 0.2) is 0 Å². The Balaban J connectivity index is 0. The zero-order valence-corrected chi connectivity index (χ0v) is 6.11. The van der Waals surface area contributed by atoms with Crippen LogP contribution in [0.5, 0.6) is 0 Å². The smallest absolute Gasteiger partial charge is 0.312 e. The summed E-state index contributed by atoms with van der Waals surface area (Å²) in [6.07, 6.45) is 0.933. The lowest BCUT2D eigenvalue weighted by Gasteiger charge is -1.93. The van der Waals surface area contributed by atoms with Crippen molar-refractivity contribution in [3.63, 3.8) is 0 Å². The van der Waals surface area contributed by atoms with Crippen molar-refractivity contribution >= 4 is 6.03 Å². The van der Waals surface area contributed by atoms with E-state index in [0.717, 1.165) is 6.42 Å². The number of carbonyl (C=O) groups excluding carboxylic acids is 1. The van der Waals surface area contributed by atoms with Gasteiger partial charge in [-0.2, -0.15) is 0 Å². The Morgan fingerprint density at radius 3 is 2.27 bits per heavy atom. The van der Waals surface area contributed by atoms with Crippen LogP contribution in [0, 0.1) is 10.1 Å². The zero-order valence-electron chi connectivity index (χ0n) is 6.11. The van der Waals surface area contributed by atoms with Crippen LogP contribution < -0.4 is 11.1 Å². The quantitative estimate of drug-likeness (QED) is 0.385. The van der Waals surface area contributed by atoms with E-state index in [0.29, 0.717) is 6.54 Å². The molecule has 0 aromatic carbocycles. The van der Waals surface area contributed by atoms with Gasteiger partial charge < -0.3 is 16.3 Å². The number of carbonyl (C=O) groups is 1. The molecule has 0 heterocycles. The van der Waals surface area contributed by atoms with Gasteiger partial charge in [-0.15, -0.1) is 10.1 Å². The fourth-order valence-corrected chi connectivity index (χ4v) is 0.248. The molecule has 11 heavy (non-hydrogen) atoms. The lowest BCUT2D eigenvalue weighted by molar-refractivity contribution is -0.742. The average molecular weight is 165 g/mol. The van der Waals surface area contributed by atoms with Crippen molar-refractivity contribution in [2.45, 2.75) is 13.3 Å². The summed E-state index contributed by atoms with van der Waals surface area (Å²) < 4.78 is 0. The number of nitrogens with one attached hydrogen (secondary N) is 1. The molecular formula is C4H11N3O4. The molecule has 0 aliphatic carbocycles. The van der Waals surface area contributed by atoms with Gasteiger partial charge in [0.15, 0.2) is 0 Å². The first kappa shape index (κ1) is 12.2. The van der Waals surface area contributed by atoms with Gasteiger partial charge in [-0.1, -0.05) is 6.92 Å². The Morgan fingerprint density at radius 1 is 1.82 bits per heavy atom. The number of primary amides is 1. The highest BCUT2D eigenvalue weighted by Gasteiger charge is 1.83. The number of hydrogen-bond acceptors (Lipinski definition) is 3. The van der Waals surface area contributed by atoms with Crippen molar-refractivity contribution in [3.8, 4) is 0 Å². The average Bonchev–Trinajstić information content (AvgIpc) is 1.82. The minimum Gasteiger partial charge on any atom is -0.352 e. The molecule has 4 N–H and O–H groups in total. The van der Waals surface area contributed by atoms with Crippen molar-refractivity contribution in [2.75, 3.05) is 6.54 Å². The summed E-state index contributed by atoms with van der Waals surface area (Å²) in [5.74, 6) is 0. The highest BCUT2D eigenvalue weighted by atomic mass is 16.9. The van der Waals surface area contributed by atoms with E-state index in [4.69, 9.17) is 21.1 Å². The molecule has 7 nitrogen and oxygen atoms in total. The Labute approximate surface area is 63.3 Å². The van der Waals surface area contributed by atoms with E-state index in [1.807, 2.05) is 6.92 Å². The molecule has 0 radical (unpaired) electrons. The van der Waals surface area contributed by atoms with E-state index in [-0.39, 0.29) is 0 Å². The molecule has 0 unspecified atom stereocenters. The topological polar surface area (TPSA) is 118 Å². The van der Waals surface area contributed by atoms with Crippen LogP contribution in [0.4, 0.5) is 4.79 Å². The maximum absolute atomic E-state index is 9.87. The lowest BCUT2D eigenvalue weighted by Crippen LogP contribution is -2.29. The molecule has 7 heteroatoms. The van der Waals surface area contributed by atoms with E-state index < -0.39 is 11.1 Å². The summed E-state index contributed by atoms with van der Waals surface area (Å²) in [6, 6.07) is -0.443. The van der Waals surface area contributed by atoms with Gasteiger partial charge in [-0.25, -0.2) is 4.79 Å². The monoisotopic (exact) mass is 165 g/mol. The number of rotatable bonds is 2. The van der Waals surface area contributed by atoms with Crippen molar-refractivity contribution < 1.29 is 15.1 Å². The van der Waals surface area contributed by atoms with Crippen molar-refractivity contribution in [3.05, 3.63) is 10.1 Å². The molecule has 0 rings (SSSR count). The standard InChI is InChI=1S/C4H10N2O.HNO3/c1-2-3-6-4(5)7;2-1(3)4/h2-3H2,1H3,(H3,5,6,7);(H,2,3,4). The third-order valence-electron chi connectivity index (χ3n) is 0.549. The molecule has 0 atom stereocenters. The second-order valence-electron chi connectivity index (χ2n) is 1.53. The van der Waals surface area contributed by atoms with E-state index in [9.17, 15) is 4.79 Å². The third kappa shape index (κ3) is 58.1. The van der Waals surface area contributed by atoms with E-state index in [1.54, 1.807) is 0 Å². The minimum absolute atomic E-state index is 0.443. The van der Waals surface area contributed by atoms with Crippen LogP contribution in [0.3, 0.4) is 0 Å². The first-order valence-electron chi connectivity index (χ1n) is 2.87. The molecule has 0 aliphatic rings. The van der Waals surface area contributed by atoms with Gasteiger partial charge >= 0.3 is 6.03 Å². The van der Waals surface area contributed by atoms with Crippen LogP contribution in [-0.2, 0) is 0 Å². The molecule has 0 saturated carbocycles. The van der Waals surface area contributed by atoms with Gasteiger partial charge in [0.2, 0.25) is 0 Å². The number of nitrogens with two attached hydrogens (primary N) is 1. The van der Waals surface area contributed by atoms with Crippen molar-refractivity contribution in [1.29, 1.82) is 0 Å². The first-order chi connectivity index (χ1) is 5.00. The van der Waals surface area contributed by atoms with E-state index in [2.05, 4.69) is 5.32 Å². The van der Waals surface area contributed by atoms with Crippen LogP contribution in [0.1, 0.15) is 13.3 Å². The number of urea groups is 1. The van der Waals surface area contributed by atoms with Crippen molar-refractivity contribution in [1.82, 2.24) is 5.32 Å². The number of hydrogen-bond donors (Lipinski definition) is 3. The molecule has 0 fully saturated rings. The van der Waals surface area contributed by atoms with Gasteiger partial charge in [0, 0.05) is 6.54 Å². The molecule has 0 aromatic rings. The molecule has 66 valence electrons. The van der Waals surface area contributed by atoms with Gasteiger partial charge in [0.05, 0.1) is 0 Å². The Morgan fingerprint density at radius 2 is 2.18 bits per heavy atom. The largest absolute Gasteiger partial charge is 0.352 e. The zero-order chi connectivity index (χ0) is 9.28. The summed E-state index contributed by atoms with van der Waals surface area (Å²) in [5, 5.41) is 16.1. The second-order valence-corrected chi connectivity index (χ2v) is 1.53. The predicted octanol–water partition coefficient (Wildman–Crippen LogP) is -0.283.